The number of hydrogen-bond donors (Lipinski definition) is 0. The molecule has 558 valence electrons. The van der Waals surface area contributed by atoms with Crippen LogP contribution in [0.2, 0.25) is 0 Å². The van der Waals surface area contributed by atoms with Gasteiger partial charge < -0.3 is 32.9 Å². The van der Waals surface area contributed by atoms with Crippen molar-refractivity contribution >= 4 is 180 Å². The minimum Gasteiger partial charge on any atom is -0.456 e. The minimum atomic E-state index is -0.352. The molecule has 4 aliphatic heterocycles. The Morgan fingerprint density at radius 3 is 1.12 bits per heavy atom. The van der Waals surface area contributed by atoms with E-state index in [1.165, 1.54) is 100 Å². The average molecular weight is 1530 g/mol. The Balaban J connectivity index is 0.558. The summed E-state index contributed by atoms with van der Waals surface area (Å²) in [4.78, 5) is 9.99. The van der Waals surface area contributed by atoms with Crippen LogP contribution in [0.15, 0.2) is 401 Å². The van der Waals surface area contributed by atoms with E-state index < -0.39 is 0 Å². The first-order chi connectivity index (χ1) is 59.3. The molecule has 0 bridgehead atoms. The molecule has 0 fully saturated rings. The third kappa shape index (κ3) is 9.65. The smallest absolute Gasteiger partial charge is 0.252 e. The van der Waals surface area contributed by atoms with E-state index in [1.54, 1.807) is 0 Å². The van der Waals surface area contributed by atoms with Gasteiger partial charge >= 0.3 is 0 Å². The second-order valence-electron chi connectivity index (χ2n) is 33.3. The maximum absolute atomic E-state index is 6.61. The Morgan fingerprint density at radius 1 is 0.217 bits per heavy atom. The highest BCUT2D eigenvalue weighted by atomic mass is 16.3. The molecule has 7 nitrogen and oxygen atoms in total. The van der Waals surface area contributed by atoms with Gasteiger partial charge in [-0.25, -0.2) is 0 Å². The highest BCUT2D eigenvalue weighted by molar-refractivity contribution is 7.01. The summed E-state index contributed by atoms with van der Waals surface area (Å²) in [6, 6.07) is 144. The second kappa shape index (κ2) is 25.3. The number of furan rings is 3. The number of rotatable bonds is 9. The predicted octanol–water partition coefficient (Wildman–Crippen LogP) is 26.2. The number of hydrogen-bond acceptors (Lipinski definition) is 7. The zero-order chi connectivity index (χ0) is 78.7. The zero-order valence-corrected chi connectivity index (χ0v) is 65.6. The van der Waals surface area contributed by atoms with Crippen LogP contribution in [-0.4, -0.2) is 13.4 Å². The van der Waals surface area contributed by atoms with Crippen molar-refractivity contribution in [2.75, 3.05) is 19.6 Å². The van der Waals surface area contributed by atoms with Crippen molar-refractivity contribution in [3.05, 3.63) is 399 Å². The van der Waals surface area contributed by atoms with E-state index in [0.29, 0.717) is 0 Å². The van der Waals surface area contributed by atoms with Gasteiger partial charge in [0.1, 0.15) is 33.5 Å². The predicted molar refractivity (Wildman–Crippen MR) is 501 cm³/mol. The lowest BCUT2D eigenvalue weighted by Crippen LogP contribution is -2.61. The summed E-state index contributed by atoms with van der Waals surface area (Å²) in [5, 5.41) is 6.72. The van der Waals surface area contributed by atoms with E-state index in [-0.39, 0.29) is 18.8 Å². The van der Waals surface area contributed by atoms with Crippen LogP contribution in [0.3, 0.4) is 0 Å². The van der Waals surface area contributed by atoms with Gasteiger partial charge in [0.25, 0.3) is 13.4 Å². The van der Waals surface area contributed by atoms with Gasteiger partial charge in [0.05, 0.1) is 0 Å². The van der Waals surface area contributed by atoms with Crippen molar-refractivity contribution in [2.24, 2.45) is 0 Å². The summed E-state index contributed by atoms with van der Waals surface area (Å²) in [6.45, 7) is 4.80. The van der Waals surface area contributed by atoms with Crippen molar-refractivity contribution in [2.45, 2.75) is 19.3 Å². The van der Waals surface area contributed by atoms with Gasteiger partial charge in [-0.1, -0.05) is 269 Å². The number of anilines is 12. The largest absolute Gasteiger partial charge is 0.456 e. The van der Waals surface area contributed by atoms with Crippen LogP contribution in [0.5, 0.6) is 0 Å². The molecule has 0 spiro atoms. The SMILES string of the molecule is CC1(C)c2cc(-c3ccc4c(c3)B3c5ccccc5N(c5ccc(-c6cccc7c6oc6ccccc67)cc5)c5cccc(c53)N4c3cccc(-c4ccc5oc6ccccc6c5c4)c3)ccc2-c2cccc(-c3ccc(N4c5ccccc5B5c6ccccc6N(c6ccc(-c7cccc8c7oc7ccccc78)cc6)c6cccc4c65)cc3)c21. The molecule has 9 heteroatoms. The first-order valence-electron chi connectivity index (χ1n) is 41.6. The summed E-state index contributed by atoms with van der Waals surface area (Å²) >= 11 is 0. The molecule has 7 heterocycles. The van der Waals surface area contributed by atoms with Crippen molar-refractivity contribution in [1.29, 1.82) is 0 Å². The fraction of sp³-hybridized carbons (Fsp3) is 0.0270. The zero-order valence-electron chi connectivity index (χ0n) is 65.6. The van der Waals surface area contributed by atoms with Crippen LogP contribution in [0.25, 0.3) is 133 Å². The van der Waals surface area contributed by atoms with E-state index in [0.717, 1.165) is 145 Å². The minimum absolute atomic E-state index is 0.0254. The standard InChI is InChI=1S/C111H70B2N4O3/c1-111(2)89-65-72(51-60-81(89)85-29-16-26-78(106(85)111)67-45-54-74(55-46-67)114-94-35-9-6-32-90(94)112-91-33-7-10-36-95(91)115(99-39-19-38-98(114)107(99)112)75-56-47-68(48-57-75)79-27-17-30-86-82-23-3-13-43-103(82)119-109(79)86)73-52-61-97-93(66-73)113-92-34-8-11-37-96(92)116(76-58-49-69(50-59-76)80-28-18-31-87-83-24-4-14-44-104(83)120-110(80)87)100-40-20-41-101(108(100)113)117(97)77-22-15-21-70(63-77)71-53-62-105-88(64-71)84-25-5-12-42-102(84)118-105/h3-66H,1-2H3. The highest BCUT2D eigenvalue weighted by Gasteiger charge is 2.46. The normalized spacial score (nSPS) is 13.7. The summed E-state index contributed by atoms with van der Waals surface area (Å²) in [5.41, 5.74) is 43.0. The lowest BCUT2D eigenvalue weighted by Gasteiger charge is -2.44. The third-order valence-corrected chi connectivity index (χ3v) is 26.6. The molecule has 0 atom stereocenters. The van der Waals surface area contributed by atoms with Crippen molar-refractivity contribution in [3.8, 4) is 66.8 Å². The lowest BCUT2D eigenvalue weighted by molar-refractivity contribution is 0.662. The van der Waals surface area contributed by atoms with Gasteiger partial charge in [0.15, 0.2) is 0 Å². The number of fused-ring (bicyclic) bond motifs is 20. The Hall–Kier alpha value is -15.3. The summed E-state index contributed by atoms with van der Waals surface area (Å²) in [5.74, 6) is 0. The molecular formula is C111H70B2N4O3. The van der Waals surface area contributed by atoms with Crippen LogP contribution in [-0.2, 0) is 5.41 Å². The van der Waals surface area contributed by atoms with Crippen LogP contribution in [0, 0.1) is 0 Å². The maximum atomic E-state index is 6.61. The molecule has 3 aromatic heterocycles. The fourth-order valence-electron chi connectivity index (χ4n) is 21.4. The number of benzene rings is 18. The van der Waals surface area contributed by atoms with Gasteiger partial charge in [-0.3, -0.25) is 0 Å². The van der Waals surface area contributed by atoms with Crippen LogP contribution in [0.1, 0.15) is 25.0 Å². The lowest BCUT2D eigenvalue weighted by atomic mass is 9.33. The van der Waals surface area contributed by atoms with Gasteiger partial charge in [-0.2, -0.15) is 0 Å². The summed E-state index contributed by atoms with van der Waals surface area (Å²) in [6.07, 6.45) is 0. The van der Waals surface area contributed by atoms with Gasteiger partial charge in [0, 0.05) is 117 Å². The molecule has 0 radical (unpaired) electrons. The molecule has 18 aromatic carbocycles. The van der Waals surface area contributed by atoms with E-state index in [9.17, 15) is 0 Å². The van der Waals surface area contributed by atoms with E-state index in [4.69, 9.17) is 13.3 Å². The van der Waals surface area contributed by atoms with Crippen molar-refractivity contribution in [1.82, 2.24) is 0 Å². The Bertz CT molecular complexity index is 7950. The molecule has 0 unspecified atom stereocenters. The first-order valence-corrected chi connectivity index (χ1v) is 41.6. The van der Waals surface area contributed by atoms with E-state index in [2.05, 4.69) is 403 Å². The fourth-order valence-corrected chi connectivity index (χ4v) is 21.4. The molecule has 26 rings (SSSR count). The molecule has 0 N–H and O–H groups in total. The monoisotopic (exact) mass is 1530 g/mol. The van der Waals surface area contributed by atoms with Crippen LogP contribution < -0.4 is 52.4 Å². The Morgan fingerprint density at radius 2 is 0.575 bits per heavy atom. The van der Waals surface area contributed by atoms with Crippen molar-refractivity contribution in [3.63, 3.8) is 0 Å². The Labute approximate surface area is 693 Å². The topological polar surface area (TPSA) is 52.4 Å². The van der Waals surface area contributed by atoms with E-state index >= 15 is 0 Å². The second-order valence-corrected chi connectivity index (χ2v) is 33.3. The molecule has 0 amide bonds. The van der Waals surface area contributed by atoms with Crippen molar-refractivity contribution < 1.29 is 13.3 Å². The summed E-state index contributed by atoms with van der Waals surface area (Å²) in [7, 11) is 0. The van der Waals surface area contributed by atoms with Gasteiger partial charge in [0.2, 0.25) is 0 Å². The Kier molecular flexibility index (Phi) is 14.1. The maximum Gasteiger partial charge on any atom is 0.252 e. The molecule has 1 aliphatic carbocycles. The average Bonchev–Trinajstić information content (AvgIpc) is 1.01. The molecule has 21 aromatic rings. The van der Waals surface area contributed by atoms with Crippen LogP contribution in [0.4, 0.5) is 68.2 Å². The first kappa shape index (κ1) is 66.9. The number of para-hydroxylation sites is 8. The molecule has 120 heavy (non-hydrogen) atoms. The van der Waals surface area contributed by atoms with Gasteiger partial charge in [-0.15, -0.1) is 0 Å². The molecule has 5 aliphatic rings. The van der Waals surface area contributed by atoms with E-state index in [1.807, 2.05) is 18.2 Å². The molecule has 0 saturated carbocycles. The van der Waals surface area contributed by atoms with Crippen LogP contribution >= 0.6 is 0 Å². The summed E-state index contributed by atoms with van der Waals surface area (Å²) < 4.78 is 19.5. The quantitative estimate of drug-likeness (QED) is 0.134. The molecule has 0 saturated heterocycles. The number of nitrogens with zero attached hydrogens (tertiary/aromatic N) is 4. The van der Waals surface area contributed by atoms with Gasteiger partial charge in [-0.05, 0) is 233 Å². The molecular weight excluding hydrogens is 1460 g/mol. The highest BCUT2D eigenvalue weighted by Crippen LogP contribution is 2.55. The third-order valence-electron chi connectivity index (χ3n) is 26.6.